The van der Waals surface area contributed by atoms with E-state index in [2.05, 4.69) is 16.5 Å². The molecule has 0 amide bonds. The Bertz CT molecular complexity index is 310. The lowest BCUT2D eigenvalue weighted by molar-refractivity contribution is 0.299. The van der Waals surface area contributed by atoms with E-state index < -0.39 is 0 Å². The lowest BCUT2D eigenvalue weighted by atomic mass is 10.3. The quantitative estimate of drug-likeness (QED) is 0.675. The van der Waals surface area contributed by atoms with E-state index in [0.29, 0.717) is 17.9 Å². The fourth-order valence-corrected chi connectivity index (χ4v) is 0.752. The van der Waals surface area contributed by atoms with Crippen LogP contribution >= 0.6 is 0 Å². The highest BCUT2D eigenvalue weighted by Gasteiger charge is 1.98. The molecule has 0 fully saturated rings. The molecule has 1 rings (SSSR count). The number of aromatic amines is 1. The number of rotatable bonds is 3. The van der Waals surface area contributed by atoms with Crippen LogP contribution in [0.1, 0.15) is 12.5 Å². The first-order chi connectivity index (χ1) is 5.74. The Morgan fingerprint density at radius 2 is 2.58 bits per heavy atom. The van der Waals surface area contributed by atoms with Gasteiger partial charge in [0.05, 0.1) is 12.2 Å². The van der Waals surface area contributed by atoms with E-state index >= 15 is 0 Å². The average molecular weight is 166 g/mol. The van der Waals surface area contributed by atoms with Crippen molar-refractivity contribution in [1.82, 2.24) is 9.97 Å². The van der Waals surface area contributed by atoms with Crippen LogP contribution in [-0.4, -0.2) is 16.6 Å². The Morgan fingerprint density at radius 3 is 3.08 bits per heavy atom. The van der Waals surface area contributed by atoms with Crippen LogP contribution in [-0.2, 0) is 4.74 Å². The maximum Gasteiger partial charge on any atom is 0.344 e. The molecule has 1 N–H and O–H groups in total. The number of H-pyrrole nitrogens is 1. The fraction of sp³-hybridized carbons (Fsp3) is 0.250. The summed E-state index contributed by atoms with van der Waals surface area (Å²) in [5, 5.41) is 0. The Morgan fingerprint density at radius 1 is 1.83 bits per heavy atom. The monoisotopic (exact) mass is 166 g/mol. The second-order valence-corrected chi connectivity index (χ2v) is 2.16. The summed E-state index contributed by atoms with van der Waals surface area (Å²) in [5.41, 5.74) is 0.319. The molecule has 0 aliphatic rings. The minimum Gasteiger partial charge on any atom is -0.494 e. The van der Waals surface area contributed by atoms with E-state index in [1.165, 1.54) is 12.4 Å². The van der Waals surface area contributed by atoms with Crippen LogP contribution in [0.4, 0.5) is 0 Å². The molecule has 0 spiro atoms. The van der Waals surface area contributed by atoms with Crippen LogP contribution in [0, 0.1) is 0 Å². The molecule has 1 heterocycles. The molecule has 1 aromatic heterocycles. The van der Waals surface area contributed by atoms with E-state index in [1.54, 1.807) is 0 Å². The second kappa shape index (κ2) is 3.71. The topological polar surface area (TPSA) is 55.0 Å². The zero-order chi connectivity index (χ0) is 8.97. The van der Waals surface area contributed by atoms with Gasteiger partial charge in [-0.05, 0) is 6.92 Å². The maximum atomic E-state index is 10.6. The van der Waals surface area contributed by atoms with E-state index in [1.807, 2.05) is 6.92 Å². The molecule has 0 atom stereocenters. The zero-order valence-electron chi connectivity index (χ0n) is 6.83. The summed E-state index contributed by atoms with van der Waals surface area (Å²) in [6, 6.07) is 0. The molecule has 4 nitrogen and oxygen atoms in total. The summed E-state index contributed by atoms with van der Waals surface area (Å²) in [5.74, 6) is 0.515. The van der Waals surface area contributed by atoms with Gasteiger partial charge in [0.15, 0.2) is 0 Å². The molecule has 0 aromatic carbocycles. The van der Waals surface area contributed by atoms with Gasteiger partial charge in [-0.3, -0.25) is 0 Å². The van der Waals surface area contributed by atoms with Crippen LogP contribution in [0.2, 0.25) is 0 Å². The van der Waals surface area contributed by atoms with Crippen LogP contribution in [0.5, 0.6) is 0 Å². The van der Waals surface area contributed by atoms with Gasteiger partial charge in [0.1, 0.15) is 5.76 Å². The molecule has 4 heteroatoms. The van der Waals surface area contributed by atoms with Gasteiger partial charge in [-0.15, -0.1) is 0 Å². The van der Waals surface area contributed by atoms with Crippen LogP contribution in [0.3, 0.4) is 0 Å². The highest BCUT2D eigenvalue weighted by molar-refractivity contribution is 5.54. The summed E-state index contributed by atoms with van der Waals surface area (Å²) >= 11 is 0. The maximum absolute atomic E-state index is 10.6. The van der Waals surface area contributed by atoms with Crippen molar-refractivity contribution in [2.24, 2.45) is 0 Å². The molecule has 64 valence electrons. The third kappa shape index (κ3) is 1.95. The van der Waals surface area contributed by atoms with Crippen LogP contribution < -0.4 is 5.69 Å². The molecule has 0 saturated heterocycles. The van der Waals surface area contributed by atoms with Crippen molar-refractivity contribution >= 4 is 5.76 Å². The normalized spacial score (nSPS) is 9.42. The lowest BCUT2D eigenvalue weighted by Crippen LogP contribution is -2.09. The molecule has 1 aromatic rings. The number of nitrogens with one attached hydrogen (secondary N) is 1. The summed E-state index contributed by atoms with van der Waals surface area (Å²) in [4.78, 5) is 16.5. The summed E-state index contributed by atoms with van der Waals surface area (Å²) in [6.07, 6.45) is 2.95. The van der Waals surface area contributed by atoms with Crippen molar-refractivity contribution in [3.63, 3.8) is 0 Å². The predicted octanol–water partition coefficient (Wildman–Crippen LogP) is 0.777. The van der Waals surface area contributed by atoms with E-state index in [0.717, 1.165) is 0 Å². The highest BCUT2D eigenvalue weighted by atomic mass is 16.5. The number of hydrogen-bond acceptors (Lipinski definition) is 3. The molecular weight excluding hydrogens is 156 g/mol. The largest absolute Gasteiger partial charge is 0.494 e. The van der Waals surface area contributed by atoms with E-state index in [4.69, 9.17) is 4.74 Å². The lowest BCUT2D eigenvalue weighted by Gasteiger charge is -2.04. The zero-order valence-corrected chi connectivity index (χ0v) is 6.83. The van der Waals surface area contributed by atoms with Gasteiger partial charge in [-0.1, -0.05) is 6.58 Å². The SMILES string of the molecule is C=C(OCC)c1cnc(=O)[nH]c1. The smallest absolute Gasteiger partial charge is 0.344 e. The molecule has 0 aliphatic heterocycles. The van der Waals surface area contributed by atoms with Gasteiger partial charge in [0.2, 0.25) is 0 Å². The van der Waals surface area contributed by atoms with Crippen LogP contribution in [0.25, 0.3) is 5.76 Å². The van der Waals surface area contributed by atoms with Gasteiger partial charge in [0.25, 0.3) is 0 Å². The van der Waals surface area contributed by atoms with Gasteiger partial charge in [-0.2, -0.15) is 0 Å². The molecule has 0 saturated carbocycles. The Kier molecular flexibility index (Phi) is 2.63. The van der Waals surface area contributed by atoms with Crippen LogP contribution in [0.15, 0.2) is 23.8 Å². The first-order valence-electron chi connectivity index (χ1n) is 3.61. The Labute approximate surface area is 69.9 Å². The van der Waals surface area contributed by atoms with Crippen molar-refractivity contribution in [2.45, 2.75) is 6.92 Å². The molecule has 0 aliphatic carbocycles. The van der Waals surface area contributed by atoms with Gasteiger partial charge in [0, 0.05) is 12.4 Å². The van der Waals surface area contributed by atoms with E-state index in [-0.39, 0.29) is 5.69 Å². The third-order valence-corrected chi connectivity index (χ3v) is 1.31. The fourth-order valence-electron chi connectivity index (χ4n) is 0.752. The minimum atomic E-state index is -0.372. The van der Waals surface area contributed by atoms with Crippen molar-refractivity contribution in [1.29, 1.82) is 0 Å². The highest BCUT2D eigenvalue weighted by Crippen LogP contribution is 2.08. The Balaban J connectivity index is 2.82. The average Bonchev–Trinajstić information content (AvgIpc) is 2.06. The first-order valence-corrected chi connectivity index (χ1v) is 3.61. The van der Waals surface area contributed by atoms with Crippen molar-refractivity contribution < 1.29 is 4.74 Å². The van der Waals surface area contributed by atoms with Crippen molar-refractivity contribution in [3.8, 4) is 0 Å². The van der Waals surface area contributed by atoms with Gasteiger partial charge >= 0.3 is 5.69 Å². The number of hydrogen-bond donors (Lipinski definition) is 1. The predicted molar refractivity (Wildman–Crippen MR) is 45.5 cm³/mol. The minimum absolute atomic E-state index is 0.372. The van der Waals surface area contributed by atoms with Gasteiger partial charge < -0.3 is 9.72 Å². The van der Waals surface area contributed by atoms with E-state index in [9.17, 15) is 4.79 Å². The number of aromatic nitrogens is 2. The van der Waals surface area contributed by atoms with Gasteiger partial charge in [-0.25, -0.2) is 9.78 Å². The first kappa shape index (κ1) is 8.52. The molecule has 0 bridgehead atoms. The second-order valence-electron chi connectivity index (χ2n) is 2.16. The number of nitrogens with zero attached hydrogens (tertiary/aromatic N) is 1. The summed E-state index contributed by atoms with van der Waals surface area (Å²) in [7, 11) is 0. The molecular formula is C8H10N2O2. The van der Waals surface area contributed by atoms with Crippen molar-refractivity contribution in [2.75, 3.05) is 6.61 Å². The third-order valence-electron chi connectivity index (χ3n) is 1.31. The van der Waals surface area contributed by atoms with Crippen molar-refractivity contribution in [3.05, 3.63) is 35.0 Å². The summed E-state index contributed by atoms with van der Waals surface area (Å²) < 4.78 is 5.11. The molecule has 0 unspecified atom stereocenters. The standard InChI is InChI=1S/C8H10N2O2/c1-3-12-6(2)7-4-9-8(11)10-5-7/h4-5H,2-3H2,1H3,(H,9,10,11). The Hall–Kier alpha value is -1.58. The summed E-state index contributed by atoms with van der Waals surface area (Å²) in [6.45, 7) is 6.08. The molecule has 0 radical (unpaired) electrons. The number of ether oxygens (including phenoxy) is 1. The molecule has 12 heavy (non-hydrogen) atoms.